The first-order valence-electron chi connectivity index (χ1n) is 8.79. The van der Waals surface area contributed by atoms with Gasteiger partial charge in [0.25, 0.3) is 0 Å². The van der Waals surface area contributed by atoms with Crippen LogP contribution in [0.5, 0.6) is 0 Å². The van der Waals surface area contributed by atoms with Gasteiger partial charge in [0, 0.05) is 26.2 Å². The summed E-state index contributed by atoms with van der Waals surface area (Å²) in [5, 5.41) is 0. The fraction of sp³-hybridized carbons (Fsp3) is 0.333. The molecule has 0 aliphatic heterocycles. The van der Waals surface area contributed by atoms with Gasteiger partial charge in [-0.05, 0) is 0 Å². The average molecular weight is 529 g/mol. The van der Waals surface area contributed by atoms with Crippen molar-refractivity contribution in [3.05, 3.63) is 65.2 Å². The fourth-order valence-corrected chi connectivity index (χ4v) is 9.06. The Morgan fingerprint density at radius 1 is 0.920 bits per heavy atom. The van der Waals surface area contributed by atoms with Gasteiger partial charge < -0.3 is 0 Å². The van der Waals surface area contributed by atoms with Crippen molar-refractivity contribution >= 4 is 23.1 Å². The average Bonchev–Trinajstić information content (AvgIpc) is 2.98. The third-order valence-electron chi connectivity index (χ3n) is 4.77. The van der Waals surface area contributed by atoms with E-state index in [0.717, 1.165) is 6.42 Å². The molecule has 4 heteroatoms. The van der Waals surface area contributed by atoms with Crippen LogP contribution >= 0.6 is 17.0 Å². The van der Waals surface area contributed by atoms with Gasteiger partial charge >= 0.3 is 161 Å². The van der Waals surface area contributed by atoms with Crippen LogP contribution in [0.4, 0.5) is 0 Å². The summed E-state index contributed by atoms with van der Waals surface area (Å²) in [6, 6.07) is 17.2. The second kappa shape index (κ2) is 10.8. The molecule has 0 spiro atoms. The van der Waals surface area contributed by atoms with Gasteiger partial charge in [0.1, 0.15) is 0 Å². The van der Waals surface area contributed by atoms with Crippen LogP contribution in [0.25, 0.3) is 17.2 Å². The minimum absolute atomic E-state index is 0. The van der Waals surface area contributed by atoms with Gasteiger partial charge in [-0.25, -0.2) is 0 Å². The van der Waals surface area contributed by atoms with E-state index in [1.165, 1.54) is 53.5 Å². The van der Waals surface area contributed by atoms with Crippen LogP contribution in [0.3, 0.4) is 0 Å². The standard InChI is InChI=1S/C21H23.2ClH.2Zr/c1-2-3-4-6-10-17-15-19-13-9-14-20(21(19)16-17)18-11-7-5-8-12-18;;;;/h5,7-9,11-16H,2-4,6,10H2,1H3;2*1H;;/q;;;;+2/p-2. The SMILES string of the molecule is CCCCCCC1=Cc2c(-c3ccccc3)cccc2[CH]1[Zr]([Cl])[Cl].[Zr]. The van der Waals surface area contributed by atoms with Crippen molar-refractivity contribution < 1.29 is 45.6 Å². The summed E-state index contributed by atoms with van der Waals surface area (Å²) in [5.41, 5.74) is 6.76. The van der Waals surface area contributed by atoms with Crippen LogP contribution in [-0.2, 0) is 45.6 Å². The van der Waals surface area contributed by atoms with Crippen LogP contribution in [0, 0.1) is 0 Å². The van der Waals surface area contributed by atoms with Crippen LogP contribution < -0.4 is 0 Å². The van der Waals surface area contributed by atoms with Crippen molar-refractivity contribution in [3.63, 3.8) is 0 Å². The third-order valence-corrected chi connectivity index (χ3v) is 10.1. The molecule has 0 amide bonds. The monoisotopic (exact) mass is 525 g/mol. The maximum absolute atomic E-state index is 6.57. The van der Waals surface area contributed by atoms with Crippen molar-refractivity contribution in [1.82, 2.24) is 0 Å². The molecule has 0 bridgehead atoms. The van der Waals surface area contributed by atoms with E-state index in [2.05, 4.69) is 61.5 Å². The number of unbranched alkanes of at least 4 members (excludes halogenated alkanes) is 3. The molecule has 3 rings (SSSR count). The maximum atomic E-state index is 6.57. The third kappa shape index (κ3) is 5.29. The maximum Gasteiger partial charge on any atom is 0 e. The largest absolute Gasteiger partial charge is 0 e. The van der Waals surface area contributed by atoms with Gasteiger partial charge in [-0.3, -0.25) is 0 Å². The molecule has 1 unspecified atom stereocenters. The van der Waals surface area contributed by atoms with E-state index < -0.39 is 19.4 Å². The number of hydrogen-bond donors (Lipinski definition) is 0. The molecule has 0 nitrogen and oxygen atoms in total. The normalized spacial score (nSPS) is 15.3. The molecule has 1 atom stereocenters. The predicted molar refractivity (Wildman–Crippen MR) is 103 cm³/mol. The van der Waals surface area contributed by atoms with E-state index in [1.54, 1.807) is 0 Å². The summed E-state index contributed by atoms with van der Waals surface area (Å²) in [4.78, 5) is 0. The Labute approximate surface area is 185 Å². The van der Waals surface area contributed by atoms with Crippen molar-refractivity contribution in [2.24, 2.45) is 0 Å². The van der Waals surface area contributed by atoms with Gasteiger partial charge in [0.15, 0.2) is 0 Å². The molecule has 0 heterocycles. The van der Waals surface area contributed by atoms with Gasteiger partial charge in [0.05, 0.1) is 0 Å². The zero-order chi connectivity index (χ0) is 16.9. The number of fused-ring (bicyclic) bond motifs is 1. The quantitative estimate of drug-likeness (QED) is 0.323. The molecule has 0 N–H and O–H groups in total. The summed E-state index contributed by atoms with van der Waals surface area (Å²) in [6.45, 7) is 2.25. The van der Waals surface area contributed by atoms with Gasteiger partial charge in [0.2, 0.25) is 0 Å². The van der Waals surface area contributed by atoms with Crippen LogP contribution in [0.1, 0.15) is 53.8 Å². The summed E-state index contributed by atoms with van der Waals surface area (Å²) in [5.74, 6) is 0. The van der Waals surface area contributed by atoms with Crippen LogP contribution in [0.15, 0.2) is 54.1 Å². The molecule has 0 fully saturated rings. The Hall–Kier alpha value is 0.526. The first-order valence-corrected chi connectivity index (χ1v) is 16.5. The molecule has 0 aromatic heterocycles. The number of allylic oxidation sites excluding steroid dienone is 1. The first-order chi connectivity index (χ1) is 11.7. The number of rotatable bonds is 7. The van der Waals surface area contributed by atoms with E-state index >= 15 is 0 Å². The second-order valence-corrected chi connectivity index (χ2v) is 15.2. The second-order valence-electron chi connectivity index (χ2n) is 6.43. The predicted octanol–water partition coefficient (Wildman–Crippen LogP) is 7.69. The number of benzene rings is 2. The summed E-state index contributed by atoms with van der Waals surface area (Å²) >= 11 is -2.41. The summed E-state index contributed by atoms with van der Waals surface area (Å²) < 4.78 is 0.330. The molecule has 0 saturated carbocycles. The minimum atomic E-state index is -2.41. The Morgan fingerprint density at radius 3 is 2.36 bits per heavy atom. The number of hydrogen-bond acceptors (Lipinski definition) is 0. The molecule has 0 saturated heterocycles. The molecular weight excluding hydrogens is 506 g/mol. The Kier molecular flexibility index (Phi) is 9.39. The van der Waals surface area contributed by atoms with Crippen molar-refractivity contribution in [2.45, 2.75) is 42.7 Å². The zero-order valence-electron chi connectivity index (χ0n) is 14.6. The van der Waals surface area contributed by atoms with Gasteiger partial charge in [-0.1, -0.05) is 0 Å². The van der Waals surface area contributed by atoms with Gasteiger partial charge in [-0.15, -0.1) is 0 Å². The zero-order valence-corrected chi connectivity index (χ0v) is 21.0. The molecule has 1 aliphatic carbocycles. The van der Waals surface area contributed by atoms with E-state index in [-0.39, 0.29) is 26.2 Å². The van der Waals surface area contributed by atoms with Crippen LogP contribution in [-0.4, -0.2) is 0 Å². The van der Waals surface area contributed by atoms with Crippen molar-refractivity contribution in [3.8, 4) is 11.1 Å². The molecule has 2 aromatic rings. The molecule has 0 radical (unpaired) electrons. The fourth-order valence-electron chi connectivity index (χ4n) is 3.56. The summed E-state index contributed by atoms with van der Waals surface area (Å²) in [7, 11) is 13.1. The topological polar surface area (TPSA) is 0 Å². The Bertz CT molecular complexity index is 711. The van der Waals surface area contributed by atoms with E-state index in [0.29, 0.717) is 3.63 Å². The summed E-state index contributed by atoms with van der Waals surface area (Å²) in [6.07, 6.45) is 8.65. The van der Waals surface area contributed by atoms with Crippen molar-refractivity contribution in [2.75, 3.05) is 0 Å². The van der Waals surface area contributed by atoms with Gasteiger partial charge in [-0.2, -0.15) is 0 Å². The molecule has 2 aromatic carbocycles. The minimum Gasteiger partial charge on any atom is 0 e. The Morgan fingerprint density at radius 2 is 1.68 bits per heavy atom. The smallest absolute Gasteiger partial charge is 0 e. The number of halogens is 2. The molecular formula is C21H23Cl2Zr2. The molecule has 129 valence electrons. The van der Waals surface area contributed by atoms with E-state index in [4.69, 9.17) is 17.0 Å². The Balaban J connectivity index is 0.00000225. The van der Waals surface area contributed by atoms with Crippen molar-refractivity contribution in [1.29, 1.82) is 0 Å². The van der Waals surface area contributed by atoms with E-state index in [9.17, 15) is 0 Å². The first kappa shape index (κ1) is 21.8. The molecule has 25 heavy (non-hydrogen) atoms. The van der Waals surface area contributed by atoms with Crippen LogP contribution in [0.2, 0.25) is 0 Å². The molecule has 1 aliphatic rings. The van der Waals surface area contributed by atoms with E-state index in [1.807, 2.05) is 0 Å².